The predicted molar refractivity (Wildman–Crippen MR) is 75.2 cm³/mol. The normalized spacial score (nSPS) is 22.2. The van der Waals surface area contributed by atoms with Crippen molar-refractivity contribution in [2.75, 3.05) is 20.2 Å². The highest BCUT2D eigenvalue weighted by atomic mass is 16.6. The molecule has 2 unspecified atom stereocenters. The van der Waals surface area contributed by atoms with Crippen molar-refractivity contribution in [2.24, 2.45) is 11.8 Å². The van der Waals surface area contributed by atoms with Crippen molar-refractivity contribution in [3.63, 3.8) is 0 Å². The molecular formula is C14H18N2O5. The third-order valence-corrected chi connectivity index (χ3v) is 3.85. The van der Waals surface area contributed by atoms with Gasteiger partial charge in [-0.1, -0.05) is 13.0 Å². The van der Waals surface area contributed by atoms with Gasteiger partial charge in [-0.2, -0.15) is 0 Å². The fourth-order valence-electron chi connectivity index (χ4n) is 2.75. The molecule has 0 aromatic heterocycles. The molecule has 1 aromatic carbocycles. The molecule has 0 aliphatic carbocycles. The summed E-state index contributed by atoms with van der Waals surface area (Å²) < 4.78 is 4.96. The number of carboxylic acid groups (broad SMARTS) is 1. The number of rotatable bonds is 5. The second-order valence-electron chi connectivity index (χ2n) is 5.38. The molecule has 1 fully saturated rings. The molecule has 0 bridgehead atoms. The Bertz CT molecular complexity index is 560. The van der Waals surface area contributed by atoms with Gasteiger partial charge in [0, 0.05) is 25.7 Å². The lowest BCUT2D eigenvalue weighted by atomic mass is 9.99. The minimum atomic E-state index is -0.786. The van der Waals surface area contributed by atoms with Gasteiger partial charge in [0.15, 0.2) is 5.75 Å². The van der Waals surface area contributed by atoms with Crippen LogP contribution in [0.1, 0.15) is 12.5 Å². The van der Waals surface area contributed by atoms with Crippen LogP contribution in [0.15, 0.2) is 18.2 Å². The number of hydrogen-bond donors (Lipinski definition) is 1. The van der Waals surface area contributed by atoms with Crippen LogP contribution in [-0.4, -0.2) is 41.1 Å². The minimum absolute atomic E-state index is 0.0722. The number of carboxylic acids is 1. The van der Waals surface area contributed by atoms with Crippen LogP contribution >= 0.6 is 0 Å². The molecule has 0 saturated carbocycles. The summed E-state index contributed by atoms with van der Waals surface area (Å²) in [6.07, 6.45) is 0. The van der Waals surface area contributed by atoms with Crippen molar-refractivity contribution in [1.82, 2.24) is 4.90 Å². The van der Waals surface area contributed by atoms with Crippen molar-refractivity contribution in [1.29, 1.82) is 0 Å². The molecule has 2 atom stereocenters. The number of hydrogen-bond acceptors (Lipinski definition) is 5. The highest BCUT2D eigenvalue weighted by Crippen LogP contribution is 2.30. The van der Waals surface area contributed by atoms with Crippen LogP contribution in [0.3, 0.4) is 0 Å². The van der Waals surface area contributed by atoms with E-state index in [0.29, 0.717) is 19.6 Å². The number of nitrogens with zero attached hydrogens (tertiary/aromatic N) is 2. The minimum Gasteiger partial charge on any atom is -0.490 e. The fraction of sp³-hybridized carbons (Fsp3) is 0.500. The summed E-state index contributed by atoms with van der Waals surface area (Å²) in [5, 5.41) is 20.1. The first-order valence-electron chi connectivity index (χ1n) is 6.68. The van der Waals surface area contributed by atoms with E-state index in [1.807, 2.05) is 11.8 Å². The Hall–Kier alpha value is -2.15. The lowest BCUT2D eigenvalue weighted by Gasteiger charge is -2.15. The Balaban J connectivity index is 2.12. The van der Waals surface area contributed by atoms with E-state index in [0.717, 1.165) is 5.56 Å². The number of methoxy groups -OCH3 is 1. The number of ether oxygens (including phenoxy) is 1. The smallest absolute Gasteiger partial charge is 0.311 e. The molecule has 0 spiro atoms. The summed E-state index contributed by atoms with van der Waals surface area (Å²) in [6, 6.07) is 4.82. The molecule has 0 radical (unpaired) electrons. The lowest BCUT2D eigenvalue weighted by Crippen LogP contribution is -2.23. The highest BCUT2D eigenvalue weighted by Gasteiger charge is 2.34. The van der Waals surface area contributed by atoms with Gasteiger partial charge in [0.05, 0.1) is 18.0 Å². The Morgan fingerprint density at radius 1 is 1.52 bits per heavy atom. The number of nitro benzene ring substituents is 1. The van der Waals surface area contributed by atoms with Gasteiger partial charge in [0.25, 0.3) is 0 Å². The van der Waals surface area contributed by atoms with E-state index < -0.39 is 10.9 Å². The molecule has 0 amide bonds. The summed E-state index contributed by atoms with van der Waals surface area (Å²) in [7, 11) is 1.39. The van der Waals surface area contributed by atoms with Crippen molar-refractivity contribution >= 4 is 11.7 Å². The molecule has 1 heterocycles. The highest BCUT2D eigenvalue weighted by molar-refractivity contribution is 5.71. The molecule has 21 heavy (non-hydrogen) atoms. The molecule has 1 aliphatic heterocycles. The maximum Gasteiger partial charge on any atom is 0.311 e. The summed E-state index contributed by atoms with van der Waals surface area (Å²) in [5.74, 6) is -0.860. The molecule has 114 valence electrons. The maximum absolute atomic E-state index is 11.1. The van der Waals surface area contributed by atoms with Crippen molar-refractivity contribution in [3.8, 4) is 5.75 Å². The largest absolute Gasteiger partial charge is 0.490 e. The summed E-state index contributed by atoms with van der Waals surface area (Å²) >= 11 is 0. The van der Waals surface area contributed by atoms with Gasteiger partial charge in [-0.25, -0.2) is 0 Å². The Labute approximate surface area is 122 Å². The maximum atomic E-state index is 11.1. The van der Waals surface area contributed by atoms with Crippen LogP contribution in [-0.2, 0) is 11.3 Å². The third-order valence-electron chi connectivity index (χ3n) is 3.85. The van der Waals surface area contributed by atoms with Gasteiger partial charge in [-0.3, -0.25) is 19.8 Å². The van der Waals surface area contributed by atoms with Gasteiger partial charge in [0.1, 0.15) is 0 Å². The van der Waals surface area contributed by atoms with Gasteiger partial charge in [0.2, 0.25) is 0 Å². The van der Waals surface area contributed by atoms with E-state index in [9.17, 15) is 14.9 Å². The molecule has 2 rings (SSSR count). The zero-order valence-electron chi connectivity index (χ0n) is 12.0. The molecule has 7 nitrogen and oxygen atoms in total. The lowest BCUT2D eigenvalue weighted by molar-refractivity contribution is -0.385. The van der Waals surface area contributed by atoms with Crippen LogP contribution < -0.4 is 4.74 Å². The monoisotopic (exact) mass is 294 g/mol. The zero-order chi connectivity index (χ0) is 15.6. The quantitative estimate of drug-likeness (QED) is 0.657. The first-order valence-corrected chi connectivity index (χ1v) is 6.68. The SMILES string of the molecule is COc1ccc(CN2CC(C)C(C(=O)O)C2)cc1[N+](=O)[O-]. The third kappa shape index (κ3) is 3.30. The Morgan fingerprint density at radius 3 is 2.76 bits per heavy atom. The number of nitro groups is 1. The first kappa shape index (κ1) is 15.2. The topological polar surface area (TPSA) is 92.9 Å². The summed E-state index contributed by atoms with van der Waals surface area (Å²) in [6.45, 7) is 3.56. The van der Waals surface area contributed by atoms with Crippen LogP contribution in [0.25, 0.3) is 0 Å². The van der Waals surface area contributed by atoms with Gasteiger partial charge in [-0.05, 0) is 17.5 Å². The summed E-state index contributed by atoms with van der Waals surface area (Å²) in [5.41, 5.74) is 0.706. The predicted octanol–water partition coefficient (Wildman–Crippen LogP) is 1.76. The molecule has 1 aromatic rings. The van der Waals surface area contributed by atoms with E-state index in [1.165, 1.54) is 13.2 Å². The van der Waals surface area contributed by atoms with Gasteiger partial charge >= 0.3 is 11.7 Å². The van der Waals surface area contributed by atoms with Gasteiger partial charge < -0.3 is 9.84 Å². The van der Waals surface area contributed by atoms with Crippen LogP contribution in [0, 0.1) is 22.0 Å². The van der Waals surface area contributed by atoms with Crippen molar-refractivity contribution in [2.45, 2.75) is 13.5 Å². The van der Waals surface area contributed by atoms with Crippen LogP contribution in [0.4, 0.5) is 5.69 Å². The fourth-order valence-corrected chi connectivity index (χ4v) is 2.75. The number of benzene rings is 1. The number of aliphatic carboxylic acids is 1. The standard InChI is InChI=1S/C14H18N2O5/c1-9-6-15(8-11(9)14(17)18)7-10-3-4-13(21-2)12(5-10)16(19)20/h3-5,9,11H,6-8H2,1-2H3,(H,17,18). The van der Waals surface area contributed by atoms with Gasteiger partial charge in [-0.15, -0.1) is 0 Å². The molecule has 1 saturated heterocycles. The van der Waals surface area contributed by atoms with Crippen molar-refractivity contribution in [3.05, 3.63) is 33.9 Å². The summed E-state index contributed by atoms with van der Waals surface area (Å²) in [4.78, 5) is 23.6. The zero-order valence-corrected chi connectivity index (χ0v) is 12.0. The average molecular weight is 294 g/mol. The molecular weight excluding hydrogens is 276 g/mol. The second kappa shape index (κ2) is 6.09. The van der Waals surface area contributed by atoms with E-state index in [4.69, 9.17) is 9.84 Å². The first-order chi connectivity index (χ1) is 9.92. The number of likely N-dealkylation sites (tertiary alicyclic amines) is 1. The van der Waals surface area contributed by atoms with Crippen LogP contribution in [0.2, 0.25) is 0 Å². The Morgan fingerprint density at radius 2 is 2.24 bits per heavy atom. The van der Waals surface area contributed by atoms with E-state index in [-0.39, 0.29) is 23.3 Å². The second-order valence-corrected chi connectivity index (χ2v) is 5.38. The van der Waals surface area contributed by atoms with Crippen molar-refractivity contribution < 1.29 is 19.6 Å². The Kier molecular flexibility index (Phi) is 4.42. The average Bonchev–Trinajstić information content (AvgIpc) is 2.79. The molecule has 7 heteroatoms. The van der Waals surface area contributed by atoms with E-state index in [1.54, 1.807) is 12.1 Å². The van der Waals surface area contributed by atoms with E-state index in [2.05, 4.69) is 0 Å². The molecule has 1 aliphatic rings. The van der Waals surface area contributed by atoms with E-state index >= 15 is 0 Å². The molecule has 1 N–H and O–H groups in total. The number of carbonyl (C=O) groups is 1. The van der Waals surface area contributed by atoms with Crippen LogP contribution in [0.5, 0.6) is 5.75 Å².